The second-order valence-electron chi connectivity index (χ2n) is 6.31. The number of alkyl carbamates (subject to hydrolysis) is 1. The van der Waals surface area contributed by atoms with Crippen molar-refractivity contribution in [3.8, 4) is 0 Å². The Balaban J connectivity index is 2.38. The van der Waals surface area contributed by atoms with Gasteiger partial charge in [0.25, 0.3) is 0 Å². The minimum Gasteiger partial charge on any atom is -0.444 e. The van der Waals surface area contributed by atoms with E-state index in [-0.39, 0.29) is 11.6 Å². The van der Waals surface area contributed by atoms with Crippen LogP contribution in [0.4, 0.5) is 4.79 Å². The molecule has 20 heavy (non-hydrogen) atoms. The lowest BCUT2D eigenvalue weighted by Gasteiger charge is -2.28. The fraction of sp³-hybridized carbons (Fsp3) is 0.643. The predicted octanol–water partition coefficient (Wildman–Crippen LogP) is 3.90. The fourth-order valence-corrected chi connectivity index (χ4v) is 3.03. The number of thiophene rings is 1. The first kappa shape index (κ1) is 17.5. The summed E-state index contributed by atoms with van der Waals surface area (Å²) in [4.78, 5) is 13.0. The number of carbonyl (C=O) groups is 1. The fourth-order valence-electron chi connectivity index (χ4n) is 1.56. The van der Waals surface area contributed by atoms with E-state index < -0.39 is 5.60 Å². The first-order valence-electron chi connectivity index (χ1n) is 6.53. The molecule has 0 aliphatic heterocycles. The van der Waals surface area contributed by atoms with Gasteiger partial charge in [0.2, 0.25) is 0 Å². The number of amides is 1. The van der Waals surface area contributed by atoms with Gasteiger partial charge in [0.05, 0.1) is 5.54 Å². The van der Waals surface area contributed by atoms with E-state index in [1.165, 1.54) is 4.88 Å². The molecule has 2 N–H and O–H groups in total. The van der Waals surface area contributed by atoms with Crippen molar-refractivity contribution in [2.24, 2.45) is 0 Å². The van der Waals surface area contributed by atoms with Crippen LogP contribution >= 0.6 is 27.3 Å². The van der Waals surface area contributed by atoms with Crippen molar-refractivity contribution in [2.45, 2.75) is 52.3 Å². The highest BCUT2D eigenvalue weighted by molar-refractivity contribution is 9.10. The maximum Gasteiger partial charge on any atom is 0.408 e. The average molecular weight is 363 g/mol. The molecule has 1 amide bonds. The number of halogens is 1. The molecule has 6 heteroatoms. The van der Waals surface area contributed by atoms with Crippen molar-refractivity contribution in [2.75, 3.05) is 6.54 Å². The molecule has 0 atom stereocenters. The lowest BCUT2D eigenvalue weighted by Crippen LogP contribution is -2.51. The summed E-state index contributed by atoms with van der Waals surface area (Å²) >= 11 is 5.20. The number of hydrogen-bond acceptors (Lipinski definition) is 4. The van der Waals surface area contributed by atoms with Crippen LogP contribution in [0.15, 0.2) is 15.9 Å². The van der Waals surface area contributed by atoms with Crippen molar-refractivity contribution >= 4 is 33.4 Å². The molecule has 0 fully saturated rings. The molecule has 0 saturated heterocycles. The Kier molecular flexibility index (Phi) is 6.04. The monoisotopic (exact) mass is 362 g/mol. The number of nitrogens with one attached hydrogen (secondary N) is 2. The SMILES string of the molecule is CC(C)(CNCc1sccc1Br)NC(=O)OC(C)(C)C. The van der Waals surface area contributed by atoms with E-state index in [9.17, 15) is 4.79 Å². The van der Waals surface area contributed by atoms with E-state index in [2.05, 4.69) is 26.6 Å². The normalized spacial score (nSPS) is 12.3. The Morgan fingerprint density at radius 3 is 2.50 bits per heavy atom. The summed E-state index contributed by atoms with van der Waals surface area (Å²) in [7, 11) is 0. The van der Waals surface area contributed by atoms with E-state index in [1.807, 2.05) is 46.1 Å². The zero-order valence-electron chi connectivity index (χ0n) is 12.7. The topological polar surface area (TPSA) is 50.4 Å². The molecular formula is C14H23BrN2O2S. The molecule has 1 aromatic heterocycles. The quantitative estimate of drug-likeness (QED) is 0.834. The van der Waals surface area contributed by atoms with Crippen LogP contribution in [0.3, 0.4) is 0 Å². The number of carbonyl (C=O) groups excluding carboxylic acids is 1. The smallest absolute Gasteiger partial charge is 0.408 e. The molecule has 4 nitrogen and oxygen atoms in total. The summed E-state index contributed by atoms with van der Waals surface area (Å²) in [6.07, 6.45) is -0.387. The third kappa shape index (κ3) is 6.72. The first-order chi connectivity index (χ1) is 9.09. The van der Waals surface area contributed by atoms with Crippen molar-refractivity contribution in [1.29, 1.82) is 0 Å². The van der Waals surface area contributed by atoms with Crippen LogP contribution in [0.5, 0.6) is 0 Å². The lowest BCUT2D eigenvalue weighted by atomic mass is 10.1. The highest BCUT2D eigenvalue weighted by atomic mass is 79.9. The van der Waals surface area contributed by atoms with E-state index in [4.69, 9.17) is 4.74 Å². The third-order valence-corrected chi connectivity index (χ3v) is 4.31. The standard InChI is InChI=1S/C14H23BrN2O2S/c1-13(2,3)19-12(18)17-14(4,5)9-16-8-11-10(15)6-7-20-11/h6-7,16H,8-9H2,1-5H3,(H,17,18). The van der Waals surface area contributed by atoms with Gasteiger partial charge in [-0.2, -0.15) is 0 Å². The van der Waals surface area contributed by atoms with Gasteiger partial charge in [0, 0.05) is 22.4 Å². The largest absolute Gasteiger partial charge is 0.444 e. The molecule has 0 aromatic carbocycles. The second-order valence-corrected chi connectivity index (χ2v) is 8.16. The van der Waals surface area contributed by atoms with Gasteiger partial charge in [-0.05, 0) is 62.0 Å². The minimum absolute atomic E-state index is 0.369. The Bertz CT molecular complexity index is 452. The molecule has 114 valence electrons. The number of rotatable bonds is 5. The molecule has 0 saturated carbocycles. The zero-order chi connectivity index (χ0) is 15.4. The van der Waals surface area contributed by atoms with Gasteiger partial charge in [-0.3, -0.25) is 0 Å². The van der Waals surface area contributed by atoms with Crippen molar-refractivity contribution in [3.63, 3.8) is 0 Å². The van der Waals surface area contributed by atoms with E-state index in [0.29, 0.717) is 6.54 Å². The summed E-state index contributed by atoms with van der Waals surface area (Å²) in [6, 6.07) is 2.03. The number of ether oxygens (including phenoxy) is 1. The molecule has 1 rings (SSSR count). The average Bonchev–Trinajstić information content (AvgIpc) is 2.60. The molecule has 0 bridgehead atoms. The van der Waals surface area contributed by atoms with Crippen LogP contribution < -0.4 is 10.6 Å². The maximum absolute atomic E-state index is 11.8. The minimum atomic E-state index is -0.477. The maximum atomic E-state index is 11.8. The molecule has 1 aromatic rings. The summed E-state index contributed by atoms with van der Waals surface area (Å²) in [5.41, 5.74) is -0.846. The van der Waals surface area contributed by atoms with Gasteiger partial charge in [-0.1, -0.05) is 0 Å². The zero-order valence-corrected chi connectivity index (χ0v) is 15.1. The number of hydrogen-bond donors (Lipinski definition) is 2. The van der Waals surface area contributed by atoms with E-state index in [1.54, 1.807) is 11.3 Å². The Morgan fingerprint density at radius 1 is 1.35 bits per heavy atom. The summed E-state index contributed by atoms with van der Waals surface area (Å²) in [6.45, 7) is 10.9. The summed E-state index contributed by atoms with van der Waals surface area (Å²) in [5, 5.41) is 8.27. The summed E-state index contributed by atoms with van der Waals surface area (Å²) in [5.74, 6) is 0. The highest BCUT2D eigenvalue weighted by Gasteiger charge is 2.24. The van der Waals surface area contributed by atoms with Gasteiger partial charge < -0.3 is 15.4 Å². The van der Waals surface area contributed by atoms with Crippen LogP contribution in [0.25, 0.3) is 0 Å². The molecular weight excluding hydrogens is 340 g/mol. The van der Waals surface area contributed by atoms with Gasteiger partial charge in [0.1, 0.15) is 5.60 Å². The van der Waals surface area contributed by atoms with E-state index in [0.717, 1.165) is 11.0 Å². The van der Waals surface area contributed by atoms with Crippen LogP contribution in [0, 0.1) is 0 Å². The van der Waals surface area contributed by atoms with Crippen LogP contribution in [-0.2, 0) is 11.3 Å². The van der Waals surface area contributed by atoms with Gasteiger partial charge in [-0.25, -0.2) is 4.79 Å². The summed E-state index contributed by atoms with van der Waals surface area (Å²) < 4.78 is 6.38. The van der Waals surface area contributed by atoms with Crippen LogP contribution in [0.1, 0.15) is 39.5 Å². The molecule has 0 spiro atoms. The Morgan fingerprint density at radius 2 is 2.00 bits per heavy atom. The second kappa shape index (κ2) is 6.91. The molecule has 1 heterocycles. The Labute approximate surface area is 133 Å². The lowest BCUT2D eigenvalue weighted by molar-refractivity contribution is 0.0472. The van der Waals surface area contributed by atoms with Crippen molar-refractivity contribution in [3.05, 3.63) is 20.8 Å². The van der Waals surface area contributed by atoms with Gasteiger partial charge >= 0.3 is 6.09 Å². The molecule has 0 unspecified atom stereocenters. The highest BCUT2D eigenvalue weighted by Crippen LogP contribution is 2.22. The van der Waals surface area contributed by atoms with Crippen LogP contribution in [-0.4, -0.2) is 23.8 Å². The van der Waals surface area contributed by atoms with Crippen molar-refractivity contribution in [1.82, 2.24) is 10.6 Å². The predicted molar refractivity (Wildman–Crippen MR) is 87.2 cm³/mol. The molecule has 0 radical (unpaired) electrons. The van der Waals surface area contributed by atoms with Crippen molar-refractivity contribution < 1.29 is 9.53 Å². The van der Waals surface area contributed by atoms with Gasteiger partial charge in [-0.15, -0.1) is 11.3 Å². The van der Waals surface area contributed by atoms with Gasteiger partial charge in [0.15, 0.2) is 0 Å². The Hall–Kier alpha value is -0.590. The molecule has 0 aliphatic rings. The van der Waals surface area contributed by atoms with Crippen LogP contribution in [0.2, 0.25) is 0 Å². The van der Waals surface area contributed by atoms with E-state index >= 15 is 0 Å². The first-order valence-corrected chi connectivity index (χ1v) is 8.20. The third-order valence-electron chi connectivity index (χ3n) is 2.38. The molecule has 0 aliphatic carbocycles.